The number of aryl methyl sites for hydroxylation is 3. The van der Waals surface area contributed by atoms with Gasteiger partial charge in [0, 0.05) is 5.69 Å². The maximum absolute atomic E-state index is 13.2. The molecule has 1 heterocycles. The van der Waals surface area contributed by atoms with Crippen LogP contribution in [0.3, 0.4) is 0 Å². The summed E-state index contributed by atoms with van der Waals surface area (Å²) in [5.74, 6) is -0.613. The Kier molecular flexibility index (Phi) is 6.18. The highest BCUT2D eigenvalue weighted by atomic mass is 16.5. The lowest BCUT2D eigenvalue weighted by atomic mass is 9.99. The lowest BCUT2D eigenvalue weighted by Crippen LogP contribution is -2.35. The second-order valence-electron chi connectivity index (χ2n) is 7.73. The minimum atomic E-state index is -0.322. The standard InChI is InChI=1S/C24H28N2O3/c1-15(2)29-12-11-26-23(27)21(19-10-9-17(4)18(5)14-19)22(24(26)28)25-20-8-6-7-16(3)13-20/h6-10,13-15,25H,11-12H2,1-5H3. The van der Waals surface area contributed by atoms with Crippen LogP contribution < -0.4 is 5.32 Å². The van der Waals surface area contributed by atoms with Gasteiger partial charge in [-0.25, -0.2) is 0 Å². The van der Waals surface area contributed by atoms with Gasteiger partial charge in [0.2, 0.25) is 0 Å². The Balaban J connectivity index is 2.00. The van der Waals surface area contributed by atoms with Gasteiger partial charge in [-0.05, 0) is 69.0 Å². The first-order valence-corrected chi connectivity index (χ1v) is 9.91. The van der Waals surface area contributed by atoms with Crippen LogP contribution >= 0.6 is 0 Å². The Bertz CT molecular complexity index is 976. The van der Waals surface area contributed by atoms with Crippen LogP contribution in [0.15, 0.2) is 48.2 Å². The summed E-state index contributed by atoms with van der Waals surface area (Å²) in [5, 5.41) is 3.20. The predicted molar refractivity (Wildman–Crippen MR) is 115 cm³/mol. The molecule has 0 fully saturated rings. The largest absolute Gasteiger partial charge is 0.377 e. The van der Waals surface area contributed by atoms with Gasteiger partial charge >= 0.3 is 0 Å². The highest BCUT2D eigenvalue weighted by molar-refractivity contribution is 6.36. The van der Waals surface area contributed by atoms with Crippen molar-refractivity contribution in [3.05, 3.63) is 70.4 Å². The number of nitrogens with one attached hydrogen (secondary N) is 1. The van der Waals surface area contributed by atoms with Crippen molar-refractivity contribution in [2.45, 2.75) is 40.7 Å². The molecule has 152 valence electrons. The van der Waals surface area contributed by atoms with E-state index in [0.29, 0.717) is 17.9 Å². The van der Waals surface area contributed by atoms with E-state index in [1.807, 2.05) is 77.1 Å². The fraction of sp³-hybridized carbons (Fsp3) is 0.333. The molecule has 0 saturated carbocycles. The highest BCUT2D eigenvalue weighted by Gasteiger charge is 2.39. The molecule has 0 saturated heterocycles. The number of nitrogens with zero attached hydrogens (tertiary/aromatic N) is 1. The van der Waals surface area contributed by atoms with E-state index in [2.05, 4.69) is 5.32 Å². The van der Waals surface area contributed by atoms with E-state index in [-0.39, 0.29) is 24.5 Å². The normalized spacial score (nSPS) is 14.3. The van der Waals surface area contributed by atoms with E-state index in [4.69, 9.17) is 4.74 Å². The fourth-order valence-electron chi connectivity index (χ4n) is 3.31. The van der Waals surface area contributed by atoms with Gasteiger partial charge in [0.05, 0.1) is 24.8 Å². The first kappa shape index (κ1) is 20.8. The van der Waals surface area contributed by atoms with Crippen molar-refractivity contribution in [3.8, 4) is 0 Å². The first-order chi connectivity index (χ1) is 13.8. The molecule has 0 aliphatic carbocycles. The number of rotatable bonds is 7. The Hall–Kier alpha value is -2.92. The second kappa shape index (κ2) is 8.62. The van der Waals surface area contributed by atoms with Gasteiger partial charge in [0.25, 0.3) is 11.8 Å². The highest BCUT2D eigenvalue weighted by Crippen LogP contribution is 2.31. The van der Waals surface area contributed by atoms with E-state index in [9.17, 15) is 9.59 Å². The van der Waals surface area contributed by atoms with Crippen LogP contribution in [0.25, 0.3) is 5.57 Å². The molecule has 1 aliphatic rings. The summed E-state index contributed by atoms with van der Waals surface area (Å²) < 4.78 is 5.56. The number of ether oxygens (including phenoxy) is 1. The molecule has 2 amide bonds. The second-order valence-corrected chi connectivity index (χ2v) is 7.73. The molecule has 0 radical (unpaired) electrons. The topological polar surface area (TPSA) is 58.6 Å². The smallest absolute Gasteiger partial charge is 0.278 e. The molecule has 5 nitrogen and oxygen atoms in total. The molecule has 0 unspecified atom stereocenters. The van der Waals surface area contributed by atoms with Crippen LogP contribution in [-0.2, 0) is 14.3 Å². The van der Waals surface area contributed by atoms with E-state index in [1.165, 1.54) is 4.90 Å². The molecule has 1 aliphatic heterocycles. The summed E-state index contributed by atoms with van der Waals surface area (Å²) in [6.45, 7) is 10.4. The molecular weight excluding hydrogens is 364 g/mol. The number of hydrogen-bond donors (Lipinski definition) is 1. The molecular formula is C24H28N2O3. The van der Waals surface area contributed by atoms with E-state index in [0.717, 1.165) is 27.9 Å². The van der Waals surface area contributed by atoms with Crippen molar-refractivity contribution >= 4 is 23.1 Å². The lowest BCUT2D eigenvalue weighted by Gasteiger charge is -2.16. The SMILES string of the molecule is Cc1cccc(NC2=C(c3ccc(C)c(C)c3)C(=O)N(CCOC(C)C)C2=O)c1. The molecule has 1 N–H and O–H groups in total. The van der Waals surface area contributed by atoms with Crippen LogP contribution in [0.1, 0.15) is 36.1 Å². The Morgan fingerprint density at radius 3 is 2.38 bits per heavy atom. The monoisotopic (exact) mass is 392 g/mol. The van der Waals surface area contributed by atoms with E-state index < -0.39 is 0 Å². The quantitative estimate of drug-likeness (QED) is 0.717. The summed E-state index contributed by atoms with van der Waals surface area (Å²) in [5.41, 5.74) is 5.53. The van der Waals surface area contributed by atoms with Crippen molar-refractivity contribution in [1.82, 2.24) is 4.90 Å². The van der Waals surface area contributed by atoms with Crippen LogP contribution in [0, 0.1) is 20.8 Å². The average molecular weight is 392 g/mol. The molecule has 0 atom stereocenters. The minimum absolute atomic E-state index is 0.0416. The zero-order chi connectivity index (χ0) is 21.1. The van der Waals surface area contributed by atoms with Crippen LogP contribution in [-0.4, -0.2) is 36.0 Å². The van der Waals surface area contributed by atoms with Gasteiger partial charge in [-0.15, -0.1) is 0 Å². The average Bonchev–Trinajstić information content (AvgIpc) is 2.88. The Morgan fingerprint density at radius 2 is 1.72 bits per heavy atom. The Labute approximate surface area is 172 Å². The van der Waals surface area contributed by atoms with Gasteiger partial charge in [-0.3, -0.25) is 14.5 Å². The van der Waals surface area contributed by atoms with Crippen molar-refractivity contribution in [3.63, 3.8) is 0 Å². The maximum Gasteiger partial charge on any atom is 0.278 e. The number of carbonyl (C=O) groups is 2. The maximum atomic E-state index is 13.2. The summed E-state index contributed by atoms with van der Waals surface area (Å²) in [6, 6.07) is 13.6. The van der Waals surface area contributed by atoms with Gasteiger partial charge < -0.3 is 10.1 Å². The molecule has 0 bridgehead atoms. The third-order valence-corrected chi connectivity index (χ3v) is 5.02. The molecule has 3 rings (SSSR count). The number of carbonyl (C=O) groups excluding carboxylic acids is 2. The zero-order valence-electron chi connectivity index (χ0n) is 17.7. The van der Waals surface area contributed by atoms with Crippen molar-refractivity contribution < 1.29 is 14.3 Å². The summed E-state index contributed by atoms with van der Waals surface area (Å²) >= 11 is 0. The van der Waals surface area contributed by atoms with Crippen molar-refractivity contribution in [2.24, 2.45) is 0 Å². The number of anilines is 1. The Morgan fingerprint density at radius 1 is 0.966 bits per heavy atom. The predicted octanol–water partition coefficient (Wildman–Crippen LogP) is 4.23. The van der Waals surface area contributed by atoms with Crippen LogP contribution in [0.2, 0.25) is 0 Å². The number of hydrogen-bond acceptors (Lipinski definition) is 4. The van der Waals surface area contributed by atoms with Crippen molar-refractivity contribution in [1.29, 1.82) is 0 Å². The third kappa shape index (κ3) is 4.57. The molecule has 2 aromatic rings. The van der Waals surface area contributed by atoms with E-state index in [1.54, 1.807) is 0 Å². The third-order valence-electron chi connectivity index (χ3n) is 5.02. The molecule has 5 heteroatoms. The molecule has 0 spiro atoms. The lowest BCUT2D eigenvalue weighted by molar-refractivity contribution is -0.137. The zero-order valence-corrected chi connectivity index (χ0v) is 17.7. The fourth-order valence-corrected chi connectivity index (χ4v) is 3.31. The van der Waals surface area contributed by atoms with Gasteiger partial charge in [-0.1, -0.05) is 30.3 Å². The molecule has 29 heavy (non-hydrogen) atoms. The number of imide groups is 1. The van der Waals surface area contributed by atoms with Gasteiger partial charge in [-0.2, -0.15) is 0 Å². The number of amides is 2. The summed E-state index contributed by atoms with van der Waals surface area (Å²) in [7, 11) is 0. The minimum Gasteiger partial charge on any atom is -0.377 e. The van der Waals surface area contributed by atoms with Crippen LogP contribution in [0.5, 0.6) is 0 Å². The van der Waals surface area contributed by atoms with Gasteiger partial charge in [0.1, 0.15) is 5.70 Å². The van der Waals surface area contributed by atoms with Crippen molar-refractivity contribution in [2.75, 3.05) is 18.5 Å². The molecule has 0 aromatic heterocycles. The van der Waals surface area contributed by atoms with E-state index >= 15 is 0 Å². The first-order valence-electron chi connectivity index (χ1n) is 9.91. The van der Waals surface area contributed by atoms with Crippen LogP contribution in [0.4, 0.5) is 5.69 Å². The van der Waals surface area contributed by atoms with Gasteiger partial charge in [0.15, 0.2) is 0 Å². The summed E-state index contributed by atoms with van der Waals surface area (Å²) in [6.07, 6.45) is 0.0416. The molecule has 2 aromatic carbocycles. The summed E-state index contributed by atoms with van der Waals surface area (Å²) in [4.78, 5) is 27.6. The number of benzene rings is 2.